The molecule has 0 N–H and O–H groups in total. The maximum atomic E-state index is 6.56. The van der Waals surface area contributed by atoms with Gasteiger partial charge in [0, 0.05) is 46.4 Å². The topological polar surface area (TPSA) is 79.5 Å². The first-order valence-electron chi connectivity index (χ1n) is 14.6. The van der Waals surface area contributed by atoms with Crippen LogP contribution in [-0.2, 0) is 4.74 Å². The molecule has 9 heteroatoms. The Morgan fingerprint density at radius 1 is 1.07 bits per heavy atom. The van der Waals surface area contributed by atoms with E-state index in [1.165, 1.54) is 0 Å². The molecule has 0 spiro atoms. The molecular weight excluding hydrogens is 573 g/mol. The first-order chi connectivity index (χ1) is 20.3. The SMILES string of the molecule is CC(C)Oc1ccnc2ccc(OCC34CCC(C=Cc5c(-c6c(Cl)cncc6Cl)noc5C5CC5)(CC3)CO4)cc12. The minimum atomic E-state index is -0.281. The van der Waals surface area contributed by atoms with Crippen LogP contribution >= 0.6 is 23.2 Å². The molecule has 4 aromatic rings. The van der Waals surface area contributed by atoms with Crippen molar-refractivity contribution >= 4 is 40.2 Å². The Labute approximate surface area is 255 Å². The van der Waals surface area contributed by atoms with Crippen molar-refractivity contribution in [2.24, 2.45) is 5.41 Å². The molecule has 0 radical (unpaired) electrons. The summed E-state index contributed by atoms with van der Waals surface area (Å²) in [6.07, 6.45) is 15.6. The van der Waals surface area contributed by atoms with E-state index in [1.807, 2.05) is 38.1 Å². The van der Waals surface area contributed by atoms with Gasteiger partial charge in [0.15, 0.2) is 0 Å². The molecule has 5 heterocycles. The van der Waals surface area contributed by atoms with E-state index in [2.05, 4.69) is 27.3 Å². The van der Waals surface area contributed by atoms with E-state index in [0.717, 1.165) is 72.3 Å². The number of pyridine rings is 2. The van der Waals surface area contributed by atoms with E-state index >= 15 is 0 Å². The Kier molecular flexibility index (Phi) is 7.16. The highest BCUT2D eigenvalue weighted by Crippen LogP contribution is 2.51. The number of hydrogen-bond donors (Lipinski definition) is 0. The zero-order valence-electron chi connectivity index (χ0n) is 23.7. The number of halogens is 2. The lowest BCUT2D eigenvalue weighted by Gasteiger charge is -2.51. The van der Waals surface area contributed by atoms with Gasteiger partial charge >= 0.3 is 0 Å². The summed E-state index contributed by atoms with van der Waals surface area (Å²) in [5, 5.41) is 6.28. The number of benzene rings is 1. The van der Waals surface area contributed by atoms with Crippen LogP contribution in [0.3, 0.4) is 0 Å². The molecule has 2 bridgehead atoms. The molecule has 2 saturated carbocycles. The summed E-state index contributed by atoms with van der Waals surface area (Å²) in [5.41, 5.74) is 2.85. The molecule has 1 aromatic carbocycles. The molecule has 4 fully saturated rings. The van der Waals surface area contributed by atoms with Gasteiger partial charge in [0.25, 0.3) is 0 Å². The van der Waals surface area contributed by atoms with Crippen molar-refractivity contribution in [3.63, 3.8) is 0 Å². The molecule has 4 aliphatic rings. The smallest absolute Gasteiger partial charge is 0.147 e. The van der Waals surface area contributed by atoms with Crippen LogP contribution in [0, 0.1) is 5.41 Å². The highest BCUT2D eigenvalue weighted by Gasteiger charge is 2.49. The standard InChI is InChI=1S/C33H33Cl2N3O4/c1-20(2)41-28-8-14-37-27-6-5-22(15-24(27)28)39-19-33-12-10-32(11-13-33,18-40-33)9-7-23-30(38-42-31(23)21-3-4-21)29-25(34)16-36-17-26(29)35/h5-9,14-17,20-21H,3-4,10-13,18-19H2,1-2H3. The molecule has 2 aliphatic carbocycles. The number of ether oxygens (including phenoxy) is 3. The molecule has 42 heavy (non-hydrogen) atoms. The Bertz CT molecular complexity index is 1620. The fraction of sp³-hybridized carbons (Fsp3) is 0.424. The first-order valence-corrected chi connectivity index (χ1v) is 15.4. The van der Waals surface area contributed by atoms with E-state index in [0.29, 0.717) is 40.4 Å². The molecule has 8 rings (SSSR count). The second-order valence-electron chi connectivity index (χ2n) is 12.2. The predicted molar refractivity (Wildman–Crippen MR) is 163 cm³/mol. The summed E-state index contributed by atoms with van der Waals surface area (Å²) < 4.78 is 24.8. The van der Waals surface area contributed by atoms with Crippen molar-refractivity contribution in [1.29, 1.82) is 0 Å². The maximum Gasteiger partial charge on any atom is 0.147 e. The number of fused-ring (bicyclic) bond motifs is 4. The summed E-state index contributed by atoms with van der Waals surface area (Å²) in [5.74, 6) is 2.91. The van der Waals surface area contributed by atoms with Gasteiger partial charge in [-0.05, 0) is 76.6 Å². The van der Waals surface area contributed by atoms with Gasteiger partial charge in [-0.1, -0.05) is 40.5 Å². The van der Waals surface area contributed by atoms with Gasteiger partial charge in [-0.15, -0.1) is 0 Å². The number of rotatable bonds is 9. The van der Waals surface area contributed by atoms with Crippen molar-refractivity contribution in [2.45, 2.75) is 70.0 Å². The van der Waals surface area contributed by atoms with Gasteiger partial charge in [-0.3, -0.25) is 9.97 Å². The summed E-state index contributed by atoms with van der Waals surface area (Å²) in [4.78, 5) is 8.57. The van der Waals surface area contributed by atoms with Crippen molar-refractivity contribution < 1.29 is 18.7 Å². The molecule has 2 aliphatic heterocycles. The first kappa shape index (κ1) is 27.7. The van der Waals surface area contributed by atoms with Crippen LogP contribution in [0.15, 0.2) is 53.5 Å². The van der Waals surface area contributed by atoms with Crippen LogP contribution in [0.2, 0.25) is 10.0 Å². The summed E-state index contributed by atoms with van der Waals surface area (Å²) in [6.45, 7) is 5.21. The van der Waals surface area contributed by atoms with Crippen molar-refractivity contribution in [3.05, 3.63) is 70.3 Å². The van der Waals surface area contributed by atoms with E-state index < -0.39 is 0 Å². The van der Waals surface area contributed by atoms with E-state index in [9.17, 15) is 0 Å². The highest BCUT2D eigenvalue weighted by atomic mass is 35.5. The Morgan fingerprint density at radius 2 is 1.86 bits per heavy atom. The van der Waals surface area contributed by atoms with Gasteiger partial charge in [0.1, 0.15) is 35.2 Å². The fourth-order valence-corrected chi connectivity index (χ4v) is 6.68. The lowest BCUT2D eigenvalue weighted by atomic mass is 9.66. The van der Waals surface area contributed by atoms with Gasteiger partial charge in [-0.2, -0.15) is 0 Å². The van der Waals surface area contributed by atoms with E-state index in [-0.39, 0.29) is 17.1 Å². The quantitative estimate of drug-likeness (QED) is 0.189. The third-order valence-electron chi connectivity index (χ3n) is 8.76. The van der Waals surface area contributed by atoms with Crippen LogP contribution in [0.1, 0.15) is 69.6 Å². The van der Waals surface area contributed by atoms with Crippen molar-refractivity contribution in [3.8, 4) is 22.8 Å². The molecule has 2 saturated heterocycles. The largest absolute Gasteiger partial charge is 0.491 e. The van der Waals surface area contributed by atoms with Gasteiger partial charge in [-0.25, -0.2) is 0 Å². The third kappa shape index (κ3) is 5.27. The van der Waals surface area contributed by atoms with Crippen molar-refractivity contribution in [1.82, 2.24) is 15.1 Å². The lowest BCUT2D eigenvalue weighted by molar-refractivity contribution is -0.181. The molecule has 218 valence electrons. The molecular formula is C33H33Cl2N3O4. The lowest BCUT2D eigenvalue weighted by Crippen LogP contribution is -2.53. The predicted octanol–water partition coefficient (Wildman–Crippen LogP) is 8.68. The monoisotopic (exact) mass is 605 g/mol. The Morgan fingerprint density at radius 3 is 2.55 bits per heavy atom. The van der Waals surface area contributed by atoms with Crippen LogP contribution < -0.4 is 9.47 Å². The minimum absolute atomic E-state index is 0.0410. The fourth-order valence-electron chi connectivity index (χ4n) is 6.14. The minimum Gasteiger partial charge on any atom is -0.491 e. The summed E-state index contributed by atoms with van der Waals surface area (Å²) in [6, 6.07) is 7.87. The molecule has 0 atom stereocenters. The second-order valence-corrected chi connectivity index (χ2v) is 13.0. The number of aromatic nitrogens is 3. The van der Waals surface area contributed by atoms with Crippen LogP contribution in [-0.4, -0.2) is 40.0 Å². The highest BCUT2D eigenvalue weighted by molar-refractivity contribution is 6.39. The zero-order valence-corrected chi connectivity index (χ0v) is 25.3. The number of hydrogen-bond acceptors (Lipinski definition) is 7. The Balaban J connectivity index is 1.07. The second kappa shape index (κ2) is 10.9. The third-order valence-corrected chi connectivity index (χ3v) is 9.33. The zero-order chi connectivity index (χ0) is 28.9. The molecule has 0 amide bonds. The normalized spacial score (nSPS) is 23.7. The van der Waals surface area contributed by atoms with E-state index in [1.54, 1.807) is 18.6 Å². The Hall–Kier alpha value is -3.13. The van der Waals surface area contributed by atoms with Crippen LogP contribution in [0.5, 0.6) is 11.5 Å². The average Bonchev–Trinajstić information content (AvgIpc) is 3.76. The van der Waals surface area contributed by atoms with Crippen LogP contribution in [0.4, 0.5) is 0 Å². The van der Waals surface area contributed by atoms with Gasteiger partial charge in [0.2, 0.25) is 0 Å². The average molecular weight is 607 g/mol. The van der Waals surface area contributed by atoms with Crippen molar-refractivity contribution in [2.75, 3.05) is 13.2 Å². The van der Waals surface area contributed by atoms with Crippen LogP contribution in [0.25, 0.3) is 28.2 Å². The maximum absolute atomic E-state index is 6.56. The van der Waals surface area contributed by atoms with E-state index in [4.69, 9.17) is 41.9 Å². The number of nitrogens with zero attached hydrogens (tertiary/aromatic N) is 3. The molecule has 0 unspecified atom stereocenters. The molecule has 3 aromatic heterocycles. The van der Waals surface area contributed by atoms with Gasteiger partial charge in [0.05, 0.1) is 28.3 Å². The summed E-state index contributed by atoms with van der Waals surface area (Å²) in [7, 11) is 0. The molecule has 7 nitrogen and oxygen atoms in total. The van der Waals surface area contributed by atoms with Gasteiger partial charge < -0.3 is 18.7 Å². The summed E-state index contributed by atoms with van der Waals surface area (Å²) >= 11 is 13.0.